The molecule has 0 saturated heterocycles. The van der Waals surface area contributed by atoms with Crippen LogP contribution in [0.15, 0.2) is 18.2 Å². The maximum atomic E-state index is 12.6. The molecular weight excluding hydrogens is 226 g/mol. The van der Waals surface area contributed by atoms with Gasteiger partial charge in [-0.25, -0.2) is 0 Å². The van der Waals surface area contributed by atoms with Crippen LogP contribution in [0, 0.1) is 6.92 Å². The Balaban J connectivity index is 2.25. The third-order valence-corrected chi connectivity index (χ3v) is 4.32. The van der Waals surface area contributed by atoms with Gasteiger partial charge in [0, 0.05) is 19.2 Å². The minimum absolute atomic E-state index is 0.0344. The maximum absolute atomic E-state index is 12.6. The number of carbonyl (C=O) groups excluding carboxylic acids is 2. The van der Waals surface area contributed by atoms with E-state index in [9.17, 15) is 9.59 Å². The standard InChI is InChI=1S/C15H17NO2/c1-10-6-7-12-11(9-10)15(14(18)16(12)2)8-4-3-5-13(15)17/h6-7,9H,3-5,8H2,1-2H3. The van der Waals surface area contributed by atoms with Crippen molar-refractivity contribution in [2.75, 3.05) is 11.9 Å². The van der Waals surface area contributed by atoms with Gasteiger partial charge in [0.2, 0.25) is 5.91 Å². The van der Waals surface area contributed by atoms with E-state index < -0.39 is 5.41 Å². The van der Waals surface area contributed by atoms with E-state index in [0.717, 1.165) is 29.7 Å². The number of benzene rings is 1. The first-order chi connectivity index (χ1) is 8.57. The van der Waals surface area contributed by atoms with Crippen LogP contribution in [0.5, 0.6) is 0 Å². The van der Waals surface area contributed by atoms with E-state index in [4.69, 9.17) is 0 Å². The summed E-state index contributed by atoms with van der Waals surface area (Å²) in [5.41, 5.74) is 2.07. The predicted octanol–water partition coefficient (Wildman–Crippen LogP) is 2.35. The molecule has 1 unspecified atom stereocenters. The summed E-state index contributed by atoms with van der Waals surface area (Å²) in [5, 5.41) is 0. The molecule has 1 aliphatic heterocycles. The van der Waals surface area contributed by atoms with E-state index in [1.165, 1.54) is 0 Å². The van der Waals surface area contributed by atoms with Crippen molar-refractivity contribution in [3.63, 3.8) is 0 Å². The number of amides is 1. The van der Waals surface area contributed by atoms with Crippen molar-refractivity contribution in [2.24, 2.45) is 0 Å². The highest BCUT2D eigenvalue weighted by Crippen LogP contribution is 2.47. The summed E-state index contributed by atoms with van der Waals surface area (Å²) in [4.78, 5) is 26.6. The number of fused-ring (bicyclic) bond motifs is 2. The highest BCUT2D eigenvalue weighted by molar-refractivity contribution is 6.22. The molecule has 1 amide bonds. The summed E-state index contributed by atoms with van der Waals surface area (Å²) in [6.07, 6.45) is 3.08. The zero-order chi connectivity index (χ0) is 12.9. The van der Waals surface area contributed by atoms with Crippen molar-refractivity contribution in [2.45, 2.75) is 38.0 Å². The first-order valence-electron chi connectivity index (χ1n) is 6.50. The minimum Gasteiger partial charge on any atom is -0.314 e. The molecular formula is C15H17NO2. The molecule has 18 heavy (non-hydrogen) atoms. The van der Waals surface area contributed by atoms with Gasteiger partial charge in [-0.1, -0.05) is 24.1 Å². The lowest BCUT2D eigenvalue weighted by molar-refractivity contribution is -0.135. The Hall–Kier alpha value is -1.64. The van der Waals surface area contributed by atoms with Crippen molar-refractivity contribution in [1.82, 2.24) is 0 Å². The number of carbonyl (C=O) groups is 2. The number of rotatable bonds is 0. The largest absolute Gasteiger partial charge is 0.314 e. The monoisotopic (exact) mass is 243 g/mol. The van der Waals surface area contributed by atoms with E-state index >= 15 is 0 Å². The number of anilines is 1. The van der Waals surface area contributed by atoms with Crippen molar-refractivity contribution < 1.29 is 9.59 Å². The smallest absolute Gasteiger partial charge is 0.245 e. The quantitative estimate of drug-likeness (QED) is 0.656. The number of likely N-dealkylation sites (N-methyl/N-ethyl adjacent to an activating group) is 1. The molecule has 1 atom stereocenters. The van der Waals surface area contributed by atoms with E-state index in [-0.39, 0.29) is 11.7 Å². The Bertz CT molecular complexity index is 549. The number of nitrogens with zero attached hydrogens (tertiary/aromatic N) is 1. The van der Waals surface area contributed by atoms with Crippen LogP contribution in [0.25, 0.3) is 0 Å². The Morgan fingerprint density at radius 2 is 2.00 bits per heavy atom. The van der Waals surface area contributed by atoms with Crippen LogP contribution in [-0.2, 0) is 15.0 Å². The van der Waals surface area contributed by atoms with E-state index in [2.05, 4.69) is 0 Å². The predicted molar refractivity (Wildman–Crippen MR) is 69.7 cm³/mol. The van der Waals surface area contributed by atoms with Crippen molar-refractivity contribution in [1.29, 1.82) is 0 Å². The highest BCUT2D eigenvalue weighted by Gasteiger charge is 2.55. The molecule has 0 radical (unpaired) electrons. The topological polar surface area (TPSA) is 37.4 Å². The number of aryl methyl sites for hydroxylation is 1. The highest BCUT2D eigenvalue weighted by atomic mass is 16.2. The molecule has 0 N–H and O–H groups in total. The van der Waals surface area contributed by atoms with E-state index in [0.29, 0.717) is 12.8 Å². The van der Waals surface area contributed by atoms with Gasteiger partial charge < -0.3 is 4.90 Å². The molecule has 1 aromatic rings. The molecule has 1 spiro atoms. The van der Waals surface area contributed by atoms with Crippen molar-refractivity contribution in [3.8, 4) is 0 Å². The van der Waals surface area contributed by atoms with Crippen molar-refractivity contribution in [3.05, 3.63) is 29.3 Å². The average molecular weight is 243 g/mol. The third kappa shape index (κ3) is 1.25. The lowest BCUT2D eigenvalue weighted by Gasteiger charge is -2.30. The molecule has 1 aliphatic carbocycles. The van der Waals surface area contributed by atoms with Crippen LogP contribution < -0.4 is 4.90 Å². The van der Waals surface area contributed by atoms with Gasteiger partial charge >= 0.3 is 0 Å². The fourth-order valence-corrected chi connectivity index (χ4v) is 3.33. The minimum atomic E-state index is -0.867. The van der Waals surface area contributed by atoms with Crippen LogP contribution in [0.3, 0.4) is 0 Å². The number of ketones is 1. The van der Waals surface area contributed by atoms with Gasteiger partial charge in [-0.05, 0) is 31.4 Å². The van der Waals surface area contributed by atoms with Crippen LogP contribution in [-0.4, -0.2) is 18.7 Å². The van der Waals surface area contributed by atoms with E-state index in [1.807, 2.05) is 25.1 Å². The van der Waals surface area contributed by atoms with Crippen molar-refractivity contribution >= 4 is 17.4 Å². The number of hydrogen-bond donors (Lipinski definition) is 0. The maximum Gasteiger partial charge on any atom is 0.245 e. The summed E-state index contributed by atoms with van der Waals surface area (Å²) in [6.45, 7) is 2.00. The lowest BCUT2D eigenvalue weighted by Crippen LogP contribution is -2.46. The van der Waals surface area contributed by atoms with Gasteiger partial charge in [-0.2, -0.15) is 0 Å². The van der Waals surface area contributed by atoms with Gasteiger partial charge in [-0.15, -0.1) is 0 Å². The Labute approximate surface area is 107 Å². The van der Waals surface area contributed by atoms with Gasteiger partial charge in [-0.3, -0.25) is 9.59 Å². The average Bonchev–Trinajstić information content (AvgIpc) is 2.56. The summed E-state index contributed by atoms with van der Waals surface area (Å²) >= 11 is 0. The molecule has 1 heterocycles. The van der Waals surface area contributed by atoms with Crippen LogP contribution in [0.1, 0.15) is 36.8 Å². The van der Waals surface area contributed by atoms with Gasteiger partial charge in [0.05, 0.1) is 0 Å². The zero-order valence-corrected chi connectivity index (χ0v) is 10.8. The number of hydrogen-bond acceptors (Lipinski definition) is 2. The summed E-state index contributed by atoms with van der Waals surface area (Å²) < 4.78 is 0. The second-order valence-electron chi connectivity index (χ2n) is 5.42. The summed E-state index contributed by atoms with van der Waals surface area (Å²) in [7, 11) is 1.77. The van der Waals surface area contributed by atoms with Gasteiger partial charge in [0.1, 0.15) is 5.41 Å². The lowest BCUT2D eigenvalue weighted by atomic mass is 9.69. The summed E-state index contributed by atoms with van der Waals surface area (Å²) in [5.74, 6) is 0.0720. The first-order valence-corrected chi connectivity index (χ1v) is 6.50. The Morgan fingerprint density at radius 3 is 2.72 bits per heavy atom. The van der Waals surface area contributed by atoms with Crippen LogP contribution in [0.2, 0.25) is 0 Å². The fraction of sp³-hybridized carbons (Fsp3) is 0.467. The third-order valence-electron chi connectivity index (χ3n) is 4.32. The zero-order valence-electron chi connectivity index (χ0n) is 10.8. The van der Waals surface area contributed by atoms with Crippen LogP contribution in [0.4, 0.5) is 5.69 Å². The molecule has 2 aliphatic rings. The number of Topliss-reactive ketones (excluding diaryl/α,β-unsaturated/α-hetero) is 1. The molecule has 3 heteroatoms. The molecule has 94 valence electrons. The molecule has 1 aromatic carbocycles. The molecule has 1 fully saturated rings. The molecule has 3 rings (SSSR count). The summed E-state index contributed by atoms with van der Waals surface area (Å²) in [6, 6.07) is 5.97. The van der Waals surface area contributed by atoms with Gasteiger partial charge in [0.25, 0.3) is 0 Å². The molecule has 0 bridgehead atoms. The van der Waals surface area contributed by atoms with E-state index in [1.54, 1.807) is 11.9 Å². The second-order valence-corrected chi connectivity index (χ2v) is 5.42. The fourth-order valence-electron chi connectivity index (χ4n) is 3.33. The molecule has 0 aromatic heterocycles. The molecule has 3 nitrogen and oxygen atoms in total. The Kier molecular flexibility index (Phi) is 2.34. The normalized spacial score (nSPS) is 26.9. The van der Waals surface area contributed by atoms with Crippen LogP contribution >= 0.6 is 0 Å². The molecule has 1 saturated carbocycles. The van der Waals surface area contributed by atoms with Gasteiger partial charge in [0.15, 0.2) is 5.78 Å². The SMILES string of the molecule is Cc1ccc2c(c1)C1(CCCCC1=O)C(=O)N2C. The first kappa shape index (κ1) is 11.5. The second kappa shape index (κ2) is 3.67. The Morgan fingerprint density at radius 1 is 1.22 bits per heavy atom.